The van der Waals surface area contributed by atoms with Crippen LogP contribution < -0.4 is 15.2 Å². The first-order chi connectivity index (χ1) is 10.1. The van der Waals surface area contributed by atoms with Gasteiger partial charge in [-0.25, -0.2) is 0 Å². The van der Waals surface area contributed by atoms with E-state index < -0.39 is 18.0 Å². The zero-order valence-electron chi connectivity index (χ0n) is 12.0. The van der Waals surface area contributed by atoms with Crippen LogP contribution in [0.1, 0.15) is 6.92 Å². The van der Waals surface area contributed by atoms with E-state index in [1.807, 2.05) is 6.92 Å². The van der Waals surface area contributed by atoms with Gasteiger partial charge in [-0.1, -0.05) is 0 Å². The molecule has 0 aliphatic carbocycles. The molecule has 21 heavy (non-hydrogen) atoms. The molecule has 1 unspecified atom stereocenters. The Balaban J connectivity index is 2.31. The Morgan fingerprint density at radius 1 is 1.24 bits per heavy atom. The number of ether oxygens (including phenoxy) is 3. The lowest BCUT2D eigenvalue weighted by molar-refractivity contribution is -0.141. The third kappa shape index (κ3) is 6.50. The van der Waals surface area contributed by atoms with Gasteiger partial charge in [0.05, 0.1) is 19.5 Å². The van der Waals surface area contributed by atoms with Crippen LogP contribution in [-0.2, 0) is 14.3 Å². The van der Waals surface area contributed by atoms with E-state index in [9.17, 15) is 9.59 Å². The minimum atomic E-state index is -0.738. The topological polar surface area (TPSA) is 87.9 Å². The monoisotopic (exact) mass is 313 g/mol. The predicted molar refractivity (Wildman–Crippen MR) is 80.6 cm³/mol. The predicted octanol–water partition coefficient (Wildman–Crippen LogP) is 1.22. The van der Waals surface area contributed by atoms with Crippen LogP contribution in [0.2, 0.25) is 0 Å². The van der Waals surface area contributed by atoms with Crippen LogP contribution in [-0.4, -0.2) is 43.2 Å². The smallest absolute Gasteiger partial charge is 0.323 e. The quantitative estimate of drug-likeness (QED) is 0.570. The first kappa shape index (κ1) is 17.3. The van der Waals surface area contributed by atoms with Crippen molar-refractivity contribution in [3.63, 3.8) is 0 Å². The number of benzene rings is 1. The highest BCUT2D eigenvalue weighted by atomic mass is 32.2. The summed E-state index contributed by atoms with van der Waals surface area (Å²) in [5.74, 6) is 0.670. The van der Waals surface area contributed by atoms with Gasteiger partial charge in [-0.3, -0.25) is 9.59 Å². The molecule has 6 nitrogen and oxygen atoms in total. The van der Waals surface area contributed by atoms with E-state index in [1.165, 1.54) is 18.9 Å². The van der Waals surface area contributed by atoms with Crippen molar-refractivity contribution in [3.8, 4) is 11.5 Å². The molecule has 116 valence electrons. The summed E-state index contributed by atoms with van der Waals surface area (Å²) < 4.78 is 14.9. The Kier molecular flexibility index (Phi) is 7.63. The molecule has 0 bridgehead atoms. The Bertz CT molecular complexity index is 463. The van der Waals surface area contributed by atoms with Crippen molar-refractivity contribution in [1.29, 1.82) is 0 Å². The molecule has 0 radical (unpaired) electrons. The van der Waals surface area contributed by atoms with E-state index in [4.69, 9.17) is 15.2 Å². The number of esters is 2. The summed E-state index contributed by atoms with van der Waals surface area (Å²) in [5, 5.41) is 0. The lowest BCUT2D eigenvalue weighted by atomic mass is 10.3. The normalized spacial score (nSPS) is 11.6. The van der Waals surface area contributed by atoms with Crippen LogP contribution >= 0.6 is 11.8 Å². The maximum absolute atomic E-state index is 11.6. The molecule has 2 N–H and O–H groups in total. The van der Waals surface area contributed by atoms with Crippen molar-refractivity contribution in [2.24, 2.45) is 5.73 Å². The van der Waals surface area contributed by atoms with Crippen molar-refractivity contribution in [1.82, 2.24) is 0 Å². The second-order valence-electron chi connectivity index (χ2n) is 4.02. The number of thioether (sulfide) groups is 1. The average molecular weight is 313 g/mol. The van der Waals surface area contributed by atoms with E-state index >= 15 is 0 Å². The minimum absolute atomic E-state index is 0.109. The molecule has 0 saturated carbocycles. The lowest BCUT2D eigenvalue weighted by Crippen LogP contribution is -2.34. The van der Waals surface area contributed by atoms with E-state index in [1.54, 1.807) is 24.3 Å². The van der Waals surface area contributed by atoms with Crippen LogP contribution in [0.5, 0.6) is 11.5 Å². The number of nitrogens with two attached hydrogens (primary N) is 1. The summed E-state index contributed by atoms with van der Waals surface area (Å²) in [7, 11) is 1.27. The number of carbonyl (C=O) groups is 2. The fourth-order valence-corrected chi connectivity index (χ4v) is 2.15. The summed E-state index contributed by atoms with van der Waals surface area (Å²) in [6.07, 6.45) is 0. The third-order valence-electron chi connectivity index (χ3n) is 2.39. The first-order valence-electron chi connectivity index (χ1n) is 6.41. The van der Waals surface area contributed by atoms with Crippen LogP contribution in [0.25, 0.3) is 0 Å². The number of hydrogen-bond donors (Lipinski definition) is 1. The molecule has 1 aromatic carbocycles. The van der Waals surface area contributed by atoms with Gasteiger partial charge >= 0.3 is 11.9 Å². The SMILES string of the molecule is CCOc1ccc(OC(=O)CSCC(N)C(=O)OC)cc1. The number of methoxy groups -OCH3 is 1. The Morgan fingerprint density at radius 3 is 2.43 bits per heavy atom. The van der Waals surface area contributed by atoms with Crippen molar-refractivity contribution >= 4 is 23.7 Å². The largest absolute Gasteiger partial charge is 0.494 e. The van der Waals surface area contributed by atoms with Gasteiger partial charge in [-0.15, -0.1) is 11.8 Å². The van der Waals surface area contributed by atoms with Crippen molar-refractivity contribution < 1.29 is 23.8 Å². The number of rotatable bonds is 8. The second-order valence-corrected chi connectivity index (χ2v) is 5.05. The zero-order chi connectivity index (χ0) is 15.7. The van der Waals surface area contributed by atoms with Gasteiger partial charge in [0.1, 0.15) is 17.5 Å². The van der Waals surface area contributed by atoms with Gasteiger partial charge in [0.25, 0.3) is 0 Å². The Morgan fingerprint density at radius 2 is 1.86 bits per heavy atom. The summed E-state index contributed by atoms with van der Waals surface area (Å²) >= 11 is 1.22. The standard InChI is InChI=1S/C14H19NO5S/c1-3-19-10-4-6-11(7-5-10)20-13(16)9-21-8-12(15)14(17)18-2/h4-7,12H,3,8-9,15H2,1-2H3. The van der Waals surface area contributed by atoms with Crippen molar-refractivity contribution in [2.75, 3.05) is 25.2 Å². The maximum atomic E-state index is 11.6. The number of hydrogen-bond acceptors (Lipinski definition) is 7. The third-order valence-corrected chi connectivity index (χ3v) is 3.42. The maximum Gasteiger partial charge on any atom is 0.323 e. The van der Waals surface area contributed by atoms with Gasteiger partial charge in [-0.05, 0) is 31.2 Å². The highest BCUT2D eigenvalue weighted by Gasteiger charge is 2.14. The molecule has 0 heterocycles. The second kappa shape index (κ2) is 9.25. The molecule has 0 fully saturated rings. The van der Waals surface area contributed by atoms with E-state index in [-0.39, 0.29) is 5.75 Å². The van der Waals surface area contributed by atoms with Crippen molar-refractivity contribution in [2.45, 2.75) is 13.0 Å². The van der Waals surface area contributed by atoms with Crippen LogP contribution in [0.3, 0.4) is 0 Å². The van der Waals surface area contributed by atoms with Gasteiger partial charge in [0, 0.05) is 5.75 Å². The Labute approximate surface area is 127 Å². The van der Waals surface area contributed by atoms with Gasteiger partial charge < -0.3 is 19.9 Å². The molecule has 0 aliphatic heterocycles. The van der Waals surface area contributed by atoms with E-state index in [0.717, 1.165) is 5.75 Å². The summed E-state index contributed by atoms with van der Waals surface area (Å²) in [4.78, 5) is 22.7. The summed E-state index contributed by atoms with van der Waals surface area (Å²) in [6, 6.07) is 6.04. The first-order valence-corrected chi connectivity index (χ1v) is 7.57. The molecule has 1 rings (SSSR count). The highest BCUT2D eigenvalue weighted by molar-refractivity contribution is 8.00. The number of carbonyl (C=O) groups excluding carboxylic acids is 2. The van der Waals surface area contributed by atoms with Gasteiger partial charge in [0.2, 0.25) is 0 Å². The fourth-order valence-electron chi connectivity index (χ4n) is 1.42. The summed E-state index contributed by atoms with van der Waals surface area (Å²) in [6.45, 7) is 2.47. The zero-order valence-corrected chi connectivity index (χ0v) is 12.9. The van der Waals surface area contributed by atoms with Crippen molar-refractivity contribution in [3.05, 3.63) is 24.3 Å². The summed E-state index contributed by atoms with van der Waals surface area (Å²) in [5.41, 5.74) is 5.55. The molecular weight excluding hydrogens is 294 g/mol. The average Bonchev–Trinajstić information content (AvgIpc) is 2.48. The highest BCUT2D eigenvalue weighted by Crippen LogP contribution is 2.18. The molecule has 0 saturated heterocycles. The van der Waals surface area contributed by atoms with Crippen LogP contribution in [0, 0.1) is 0 Å². The van der Waals surface area contributed by atoms with Gasteiger partial charge in [0.15, 0.2) is 0 Å². The molecule has 1 atom stereocenters. The lowest BCUT2D eigenvalue weighted by Gasteiger charge is -2.09. The molecule has 0 amide bonds. The van der Waals surface area contributed by atoms with E-state index in [0.29, 0.717) is 18.1 Å². The molecule has 0 aromatic heterocycles. The molecule has 0 aliphatic rings. The fraction of sp³-hybridized carbons (Fsp3) is 0.429. The minimum Gasteiger partial charge on any atom is -0.494 e. The molecule has 1 aromatic rings. The van der Waals surface area contributed by atoms with Crippen LogP contribution in [0.15, 0.2) is 24.3 Å². The molecular formula is C14H19NO5S. The Hall–Kier alpha value is -1.73. The van der Waals surface area contributed by atoms with E-state index in [2.05, 4.69) is 4.74 Å². The molecule has 0 spiro atoms. The van der Waals surface area contributed by atoms with Crippen LogP contribution in [0.4, 0.5) is 0 Å². The van der Waals surface area contributed by atoms with Gasteiger partial charge in [-0.2, -0.15) is 0 Å². The molecule has 7 heteroatoms.